The predicted octanol–water partition coefficient (Wildman–Crippen LogP) is 3.54. The molecule has 0 aliphatic carbocycles. The summed E-state index contributed by atoms with van der Waals surface area (Å²) < 4.78 is 31.7. The van der Waals surface area contributed by atoms with E-state index in [0.717, 1.165) is 23.8 Å². The highest BCUT2D eigenvalue weighted by atomic mass is 19.1. The van der Waals surface area contributed by atoms with Gasteiger partial charge in [0, 0.05) is 6.07 Å². The van der Waals surface area contributed by atoms with E-state index in [-0.39, 0.29) is 5.56 Å². The van der Waals surface area contributed by atoms with Crippen molar-refractivity contribution in [3.8, 4) is 5.75 Å². The maximum Gasteiger partial charge on any atom is 0.126 e. The van der Waals surface area contributed by atoms with Gasteiger partial charge in [-0.1, -0.05) is 6.07 Å². The molecule has 0 aliphatic heterocycles. The van der Waals surface area contributed by atoms with Crippen LogP contribution in [0.25, 0.3) is 0 Å². The average molecular weight is 278 g/mol. The van der Waals surface area contributed by atoms with Crippen molar-refractivity contribution >= 4 is 0 Å². The van der Waals surface area contributed by atoms with Crippen molar-refractivity contribution in [3.05, 3.63) is 64.7 Å². The minimum Gasteiger partial charge on any atom is -0.497 e. The van der Waals surface area contributed by atoms with E-state index in [1.54, 1.807) is 25.3 Å². The number of benzene rings is 2. The number of methoxy groups -OCH3 is 1. The minimum absolute atomic E-state index is 0.170. The van der Waals surface area contributed by atoms with Crippen LogP contribution in [0.3, 0.4) is 0 Å². The molecule has 0 saturated carbocycles. The second-order valence-corrected chi connectivity index (χ2v) is 4.91. The lowest BCUT2D eigenvalue weighted by Gasteiger charge is -2.26. The summed E-state index contributed by atoms with van der Waals surface area (Å²) in [6.45, 7) is 3.32. The summed E-state index contributed by atoms with van der Waals surface area (Å²) in [5, 5.41) is 10.7. The number of rotatable bonds is 3. The number of aryl methyl sites for hydroxylation is 1. The molecule has 0 aliphatic rings. The quantitative estimate of drug-likeness (QED) is 0.930. The third kappa shape index (κ3) is 2.65. The Morgan fingerprint density at radius 2 is 1.65 bits per heavy atom. The Balaban J connectivity index is 2.53. The summed E-state index contributed by atoms with van der Waals surface area (Å²) in [4.78, 5) is 0. The summed E-state index contributed by atoms with van der Waals surface area (Å²) in [7, 11) is 1.55. The predicted molar refractivity (Wildman–Crippen MR) is 72.8 cm³/mol. The van der Waals surface area contributed by atoms with Crippen molar-refractivity contribution in [1.29, 1.82) is 0 Å². The van der Waals surface area contributed by atoms with Gasteiger partial charge >= 0.3 is 0 Å². The SMILES string of the molecule is COc1ccc(C(C)(O)c2cc(F)cc(F)c2)c(C)c1. The van der Waals surface area contributed by atoms with Gasteiger partial charge in [-0.25, -0.2) is 8.78 Å². The number of aliphatic hydroxyl groups is 1. The van der Waals surface area contributed by atoms with Crippen LogP contribution < -0.4 is 4.74 Å². The van der Waals surface area contributed by atoms with Crippen LogP contribution in [0.2, 0.25) is 0 Å². The Morgan fingerprint density at radius 3 is 2.15 bits per heavy atom. The zero-order valence-corrected chi connectivity index (χ0v) is 11.6. The van der Waals surface area contributed by atoms with Crippen LogP contribution in [0, 0.1) is 18.6 Å². The molecule has 0 bridgehead atoms. The number of halogens is 2. The summed E-state index contributed by atoms with van der Waals surface area (Å²) in [6, 6.07) is 8.20. The van der Waals surface area contributed by atoms with E-state index in [1.165, 1.54) is 6.92 Å². The number of ether oxygens (including phenoxy) is 1. The Labute approximate surface area is 116 Å². The van der Waals surface area contributed by atoms with Crippen molar-refractivity contribution in [1.82, 2.24) is 0 Å². The molecule has 0 radical (unpaired) electrons. The van der Waals surface area contributed by atoms with Crippen LogP contribution >= 0.6 is 0 Å². The molecule has 0 amide bonds. The highest BCUT2D eigenvalue weighted by Crippen LogP contribution is 2.33. The van der Waals surface area contributed by atoms with Crippen molar-refractivity contribution in [2.24, 2.45) is 0 Å². The van der Waals surface area contributed by atoms with Crippen molar-refractivity contribution in [3.63, 3.8) is 0 Å². The van der Waals surface area contributed by atoms with Gasteiger partial charge in [-0.3, -0.25) is 0 Å². The lowest BCUT2D eigenvalue weighted by molar-refractivity contribution is 0.101. The first kappa shape index (κ1) is 14.5. The molecule has 4 heteroatoms. The van der Waals surface area contributed by atoms with Gasteiger partial charge in [0.15, 0.2) is 0 Å². The molecule has 0 saturated heterocycles. The third-order valence-electron chi connectivity index (χ3n) is 3.38. The molecule has 1 atom stereocenters. The topological polar surface area (TPSA) is 29.5 Å². The van der Waals surface area contributed by atoms with Crippen LogP contribution in [-0.4, -0.2) is 12.2 Å². The summed E-state index contributed by atoms with van der Waals surface area (Å²) in [6.07, 6.45) is 0. The van der Waals surface area contributed by atoms with Gasteiger partial charge in [0.1, 0.15) is 23.0 Å². The van der Waals surface area contributed by atoms with Crippen LogP contribution in [-0.2, 0) is 5.60 Å². The fourth-order valence-corrected chi connectivity index (χ4v) is 2.30. The summed E-state index contributed by atoms with van der Waals surface area (Å²) in [5.74, 6) is -0.773. The van der Waals surface area contributed by atoms with Crippen LogP contribution in [0.5, 0.6) is 5.75 Å². The fraction of sp³-hybridized carbons (Fsp3) is 0.250. The average Bonchev–Trinajstić information content (AvgIpc) is 2.37. The van der Waals surface area contributed by atoms with E-state index in [0.29, 0.717) is 11.3 Å². The van der Waals surface area contributed by atoms with Gasteiger partial charge < -0.3 is 9.84 Å². The van der Waals surface area contributed by atoms with Crippen molar-refractivity contribution in [2.45, 2.75) is 19.4 Å². The van der Waals surface area contributed by atoms with Gasteiger partial charge in [-0.2, -0.15) is 0 Å². The van der Waals surface area contributed by atoms with E-state index in [4.69, 9.17) is 4.74 Å². The van der Waals surface area contributed by atoms with E-state index in [2.05, 4.69) is 0 Å². The molecule has 2 rings (SSSR count). The molecule has 0 aromatic heterocycles. The first-order valence-electron chi connectivity index (χ1n) is 6.18. The fourth-order valence-electron chi connectivity index (χ4n) is 2.30. The molecule has 106 valence electrons. The molecule has 2 aromatic rings. The van der Waals surface area contributed by atoms with Crippen molar-refractivity contribution < 1.29 is 18.6 Å². The normalized spacial score (nSPS) is 13.9. The highest BCUT2D eigenvalue weighted by Gasteiger charge is 2.28. The number of hydrogen-bond acceptors (Lipinski definition) is 2. The molecule has 0 heterocycles. The molecule has 20 heavy (non-hydrogen) atoms. The van der Waals surface area contributed by atoms with Crippen LogP contribution in [0.15, 0.2) is 36.4 Å². The van der Waals surface area contributed by atoms with Gasteiger partial charge in [0.25, 0.3) is 0 Å². The maximum atomic E-state index is 13.3. The van der Waals surface area contributed by atoms with E-state index in [9.17, 15) is 13.9 Å². The summed E-state index contributed by atoms with van der Waals surface area (Å²) in [5.41, 5.74) is 0.0323. The van der Waals surface area contributed by atoms with E-state index < -0.39 is 17.2 Å². The van der Waals surface area contributed by atoms with Gasteiger partial charge in [0.05, 0.1) is 7.11 Å². The lowest BCUT2D eigenvalue weighted by Crippen LogP contribution is -2.24. The van der Waals surface area contributed by atoms with Crippen LogP contribution in [0.4, 0.5) is 8.78 Å². The molecular weight excluding hydrogens is 262 g/mol. The van der Waals surface area contributed by atoms with Gasteiger partial charge in [-0.15, -0.1) is 0 Å². The van der Waals surface area contributed by atoms with E-state index >= 15 is 0 Å². The molecular formula is C16H16F2O2. The first-order valence-corrected chi connectivity index (χ1v) is 6.18. The Bertz CT molecular complexity index is 616. The zero-order chi connectivity index (χ0) is 14.9. The second-order valence-electron chi connectivity index (χ2n) is 4.91. The van der Waals surface area contributed by atoms with Crippen molar-refractivity contribution in [2.75, 3.05) is 7.11 Å². The Morgan fingerprint density at radius 1 is 1.05 bits per heavy atom. The standard InChI is InChI=1S/C16H16F2O2/c1-10-6-14(20-3)4-5-15(10)16(2,19)11-7-12(17)9-13(18)8-11/h4-9,19H,1-3H3. The zero-order valence-electron chi connectivity index (χ0n) is 11.6. The molecule has 1 unspecified atom stereocenters. The minimum atomic E-state index is -1.49. The van der Waals surface area contributed by atoms with E-state index in [1.807, 2.05) is 6.92 Å². The van der Waals surface area contributed by atoms with Gasteiger partial charge in [0.2, 0.25) is 0 Å². The molecule has 0 fully saturated rings. The molecule has 0 spiro atoms. The third-order valence-corrected chi connectivity index (χ3v) is 3.38. The monoisotopic (exact) mass is 278 g/mol. The summed E-state index contributed by atoms with van der Waals surface area (Å²) >= 11 is 0. The smallest absolute Gasteiger partial charge is 0.126 e. The lowest BCUT2D eigenvalue weighted by atomic mass is 9.85. The first-order chi connectivity index (χ1) is 9.34. The molecule has 1 N–H and O–H groups in total. The van der Waals surface area contributed by atoms with Crippen LogP contribution in [0.1, 0.15) is 23.6 Å². The van der Waals surface area contributed by atoms with Gasteiger partial charge in [-0.05, 0) is 54.8 Å². The highest BCUT2D eigenvalue weighted by molar-refractivity contribution is 5.43. The largest absolute Gasteiger partial charge is 0.497 e. The Hall–Kier alpha value is -1.94. The number of hydrogen-bond donors (Lipinski definition) is 1. The molecule has 2 aromatic carbocycles. The Kier molecular flexibility index (Phi) is 3.77. The second kappa shape index (κ2) is 5.21. The maximum absolute atomic E-state index is 13.3. The molecule has 2 nitrogen and oxygen atoms in total.